The highest BCUT2D eigenvalue weighted by Crippen LogP contribution is 2.26. The molecule has 0 amide bonds. The van der Waals surface area contributed by atoms with Crippen molar-refractivity contribution < 1.29 is 9.13 Å². The molecule has 6 nitrogen and oxygen atoms in total. The van der Waals surface area contributed by atoms with Gasteiger partial charge in [-0.05, 0) is 6.07 Å². The Morgan fingerprint density at radius 2 is 2.00 bits per heavy atom. The molecule has 0 spiro atoms. The topological polar surface area (TPSA) is 64.9 Å². The summed E-state index contributed by atoms with van der Waals surface area (Å²) in [6.07, 6.45) is 5.04. The van der Waals surface area contributed by atoms with Gasteiger partial charge in [-0.3, -0.25) is 0 Å². The Morgan fingerprint density at radius 3 is 2.70 bits per heavy atom. The highest BCUT2D eigenvalue weighted by atomic mass is 19.1. The second-order valence-electron chi connectivity index (χ2n) is 4.92. The fraction of sp³-hybridized carbons (Fsp3) is 0.188. The molecule has 2 heterocycles. The van der Waals surface area contributed by atoms with Crippen molar-refractivity contribution in [1.29, 1.82) is 0 Å². The summed E-state index contributed by atoms with van der Waals surface area (Å²) in [4.78, 5) is 12.7. The molecule has 3 aromatic rings. The summed E-state index contributed by atoms with van der Waals surface area (Å²) in [7, 11) is 3.38. The number of halogens is 1. The molecule has 0 bridgehead atoms. The van der Waals surface area contributed by atoms with Crippen LogP contribution in [-0.4, -0.2) is 26.6 Å². The highest BCUT2D eigenvalue weighted by Gasteiger charge is 2.22. The van der Waals surface area contributed by atoms with Crippen molar-refractivity contribution >= 4 is 5.95 Å². The van der Waals surface area contributed by atoms with Gasteiger partial charge in [-0.15, -0.1) is 0 Å². The van der Waals surface area contributed by atoms with E-state index in [2.05, 4.69) is 20.3 Å². The van der Waals surface area contributed by atoms with E-state index in [9.17, 15) is 4.39 Å². The number of rotatable bonds is 5. The molecule has 0 unspecified atom stereocenters. The van der Waals surface area contributed by atoms with E-state index in [0.29, 0.717) is 23.2 Å². The number of nitrogens with zero attached hydrogens (tertiary/aromatic N) is 4. The number of hydrogen-bond acceptors (Lipinski definition) is 5. The third-order valence-electron chi connectivity index (χ3n) is 3.45. The average molecular weight is 313 g/mol. The molecular weight excluding hydrogens is 297 g/mol. The molecule has 2 aromatic heterocycles. The maximum absolute atomic E-state index is 14.3. The van der Waals surface area contributed by atoms with Gasteiger partial charge in [0.25, 0.3) is 0 Å². The minimum absolute atomic E-state index is 0.323. The second kappa shape index (κ2) is 6.43. The van der Waals surface area contributed by atoms with Crippen LogP contribution < -0.4 is 10.1 Å². The summed E-state index contributed by atoms with van der Waals surface area (Å²) in [5.74, 6) is 1.09. The van der Waals surface area contributed by atoms with Crippen molar-refractivity contribution in [1.82, 2.24) is 19.5 Å². The number of benzene rings is 1. The van der Waals surface area contributed by atoms with Gasteiger partial charge < -0.3 is 14.6 Å². The first-order valence-electron chi connectivity index (χ1n) is 7.04. The summed E-state index contributed by atoms with van der Waals surface area (Å²) >= 11 is 0. The minimum Gasteiger partial charge on any atom is -0.481 e. The van der Waals surface area contributed by atoms with Crippen LogP contribution in [0.4, 0.5) is 10.3 Å². The number of nitrogens with one attached hydrogen (secondary N) is 1. The van der Waals surface area contributed by atoms with Crippen LogP contribution in [0, 0.1) is 5.82 Å². The molecule has 1 aromatic carbocycles. The summed E-state index contributed by atoms with van der Waals surface area (Å²) < 4.78 is 21.2. The zero-order valence-corrected chi connectivity index (χ0v) is 12.8. The fourth-order valence-electron chi connectivity index (χ4n) is 2.30. The predicted octanol–water partition coefficient (Wildman–Crippen LogP) is 2.56. The van der Waals surface area contributed by atoms with Gasteiger partial charge in [0.15, 0.2) is 0 Å². The molecular formula is C16H16FN5O. The lowest BCUT2D eigenvalue weighted by Gasteiger charge is -2.19. The Morgan fingerprint density at radius 1 is 1.17 bits per heavy atom. The Hall–Kier alpha value is -2.96. The zero-order valence-electron chi connectivity index (χ0n) is 12.8. The van der Waals surface area contributed by atoms with Crippen molar-refractivity contribution in [3.8, 4) is 5.88 Å². The molecule has 0 saturated carbocycles. The van der Waals surface area contributed by atoms with Crippen LogP contribution >= 0.6 is 0 Å². The third-order valence-corrected chi connectivity index (χ3v) is 3.45. The SMILES string of the molecule is COc1ccnc(N[C@H](c2ccccc2F)c2nccn2C)n1. The van der Waals surface area contributed by atoms with Gasteiger partial charge in [0, 0.05) is 37.3 Å². The minimum atomic E-state index is -0.525. The quantitative estimate of drug-likeness (QED) is 0.784. The molecule has 118 valence electrons. The number of imidazole rings is 1. The van der Waals surface area contributed by atoms with Crippen molar-refractivity contribution in [2.24, 2.45) is 7.05 Å². The Bertz CT molecular complexity index is 804. The molecule has 1 atom stereocenters. The molecule has 0 aliphatic carbocycles. The van der Waals surface area contributed by atoms with Gasteiger partial charge in [0.2, 0.25) is 11.8 Å². The first-order chi connectivity index (χ1) is 11.2. The smallest absolute Gasteiger partial charge is 0.226 e. The van der Waals surface area contributed by atoms with Crippen molar-refractivity contribution in [3.05, 3.63) is 66.1 Å². The third kappa shape index (κ3) is 3.13. The van der Waals surface area contributed by atoms with Gasteiger partial charge in [-0.1, -0.05) is 18.2 Å². The van der Waals surface area contributed by atoms with Crippen LogP contribution in [0.3, 0.4) is 0 Å². The Balaban J connectivity index is 2.02. The van der Waals surface area contributed by atoms with Crippen LogP contribution in [-0.2, 0) is 7.05 Å². The van der Waals surface area contributed by atoms with Gasteiger partial charge in [0.1, 0.15) is 17.7 Å². The summed E-state index contributed by atoms with van der Waals surface area (Å²) in [5, 5.41) is 3.13. The molecule has 1 N–H and O–H groups in total. The molecule has 23 heavy (non-hydrogen) atoms. The zero-order chi connectivity index (χ0) is 16.2. The number of anilines is 1. The largest absolute Gasteiger partial charge is 0.481 e. The number of ether oxygens (including phenoxy) is 1. The van der Waals surface area contributed by atoms with Crippen LogP contribution in [0.5, 0.6) is 5.88 Å². The van der Waals surface area contributed by atoms with E-state index >= 15 is 0 Å². The van der Waals surface area contributed by atoms with Crippen LogP contribution in [0.15, 0.2) is 48.9 Å². The Labute approximate surface area is 133 Å². The van der Waals surface area contributed by atoms with E-state index in [1.807, 2.05) is 11.6 Å². The fourth-order valence-corrected chi connectivity index (χ4v) is 2.30. The summed E-state index contributed by atoms with van der Waals surface area (Å²) in [6, 6.07) is 7.67. The van der Waals surface area contributed by atoms with Gasteiger partial charge >= 0.3 is 0 Å². The van der Waals surface area contributed by atoms with E-state index in [1.165, 1.54) is 13.2 Å². The Kier molecular flexibility index (Phi) is 4.18. The monoisotopic (exact) mass is 313 g/mol. The lowest BCUT2D eigenvalue weighted by molar-refractivity contribution is 0.397. The van der Waals surface area contributed by atoms with Gasteiger partial charge in [-0.2, -0.15) is 4.98 Å². The molecule has 0 fully saturated rings. The number of methoxy groups -OCH3 is 1. The number of hydrogen-bond donors (Lipinski definition) is 1. The molecule has 0 aliphatic heterocycles. The van der Waals surface area contributed by atoms with Crippen LogP contribution in [0.25, 0.3) is 0 Å². The molecule has 7 heteroatoms. The molecule has 0 saturated heterocycles. The number of aryl methyl sites for hydroxylation is 1. The molecule has 0 aliphatic rings. The standard InChI is InChI=1S/C16H16FN5O/c1-22-10-9-18-15(22)14(11-5-3-4-6-12(11)17)21-16-19-8-7-13(20-16)23-2/h3-10,14H,1-2H3,(H,19,20,21)/t14-/m1/s1. The maximum atomic E-state index is 14.3. The van der Waals surface area contributed by atoms with E-state index in [0.717, 1.165) is 0 Å². The first kappa shape index (κ1) is 15.0. The van der Waals surface area contributed by atoms with Crippen LogP contribution in [0.1, 0.15) is 17.4 Å². The van der Waals surface area contributed by atoms with E-state index in [1.54, 1.807) is 42.9 Å². The molecule has 0 radical (unpaired) electrons. The van der Waals surface area contributed by atoms with Crippen molar-refractivity contribution in [2.45, 2.75) is 6.04 Å². The van der Waals surface area contributed by atoms with Crippen molar-refractivity contribution in [3.63, 3.8) is 0 Å². The first-order valence-corrected chi connectivity index (χ1v) is 7.04. The predicted molar refractivity (Wildman–Crippen MR) is 83.7 cm³/mol. The number of aromatic nitrogens is 4. The van der Waals surface area contributed by atoms with Crippen molar-refractivity contribution in [2.75, 3.05) is 12.4 Å². The van der Waals surface area contributed by atoms with E-state index in [4.69, 9.17) is 4.74 Å². The van der Waals surface area contributed by atoms with Gasteiger partial charge in [0.05, 0.1) is 7.11 Å². The lowest BCUT2D eigenvalue weighted by Crippen LogP contribution is -2.19. The molecule has 3 rings (SSSR count). The maximum Gasteiger partial charge on any atom is 0.226 e. The lowest BCUT2D eigenvalue weighted by atomic mass is 10.1. The summed E-state index contributed by atoms with van der Waals surface area (Å²) in [5.41, 5.74) is 0.466. The van der Waals surface area contributed by atoms with E-state index in [-0.39, 0.29) is 5.82 Å². The van der Waals surface area contributed by atoms with E-state index < -0.39 is 6.04 Å². The average Bonchev–Trinajstić information content (AvgIpc) is 2.99. The second-order valence-corrected chi connectivity index (χ2v) is 4.92. The summed E-state index contributed by atoms with van der Waals surface area (Å²) in [6.45, 7) is 0. The highest BCUT2D eigenvalue weighted by molar-refractivity contribution is 5.38. The van der Waals surface area contributed by atoms with Gasteiger partial charge in [-0.25, -0.2) is 14.4 Å². The normalized spacial score (nSPS) is 12.0. The van der Waals surface area contributed by atoms with Crippen LogP contribution in [0.2, 0.25) is 0 Å².